The highest BCUT2D eigenvalue weighted by molar-refractivity contribution is 7.84. The molecule has 2 heterocycles. The van der Waals surface area contributed by atoms with Gasteiger partial charge in [-0.1, -0.05) is 37.5 Å². The molecular formula is C19H22N4OS. The first-order chi connectivity index (χ1) is 12.3. The fourth-order valence-corrected chi connectivity index (χ4v) is 4.48. The molecule has 0 amide bonds. The van der Waals surface area contributed by atoms with Gasteiger partial charge in [0.25, 0.3) is 0 Å². The Balaban J connectivity index is 1.52. The summed E-state index contributed by atoms with van der Waals surface area (Å²) < 4.78 is 12.8. The second-order valence-electron chi connectivity index (χ2n) is 6.54. The van der Waals surface area contributed by atoms with Gasteiger partial charge in [0.2, 0.25) is 0 Å². The van der Waals surface area contributed by atoms with Gasteiger partial charge in [0.1, 0.15) is 0 Å². The van der Waals surface area contributed by atoms with Crippen LogP contribution in [-0.2, 0) is 16.6 Å². The molecule has 1 aliphatic carbocycles. The fraction of sp³-hybridized carbons (Fsp3) is 0.368. The molecule has 0 aliphatic heterocycles. The standard InChI is InChI=1S/C19H22N4OS/c24-25(19-22-17-11-6-12-20-18(17)23-19)13-14-7-4-5-10-16(14)21-15-8-2-1-3-9-15/h4-7,10-12,15,21H,1-3,8-9,13H2,(H,20,22,23). The zero-order valence-corrected chi connectivity index (χ0v) is 14.9. The quantitative estimate of drug-likeness (QED) is 0.726. The van der Waals surface area contributed by atoms with Crippen LogP contribution in [0.25, 0.3) is 11.2 Å². The van der Waals surface area contributed by atoms with Crippen LogP contribution in [-0.4, -0.2) is 25.2 Å². The first-order valence-corrected chi connectivity index (χ1v) is 10.1. The minimum Gasteiger partial charge on any atom is -0.382 e. The van der Waals surface area contributed by atoms with Crippen LogP contribution in [0.4, 0.5) is 5.69 Å². The van der Waals surface area contributed by atoms with Crippen molar-refractivity contribution in [2.45, 2.75) is 49.1 Å². The van der Waals surface area contributed by atoms with Gasteiger partial charge in [-0.15, -0.1) is 0 Å². The number of para-hydroxylation sites is 1. The number of aromatic amines is 1. The van der Waals surface area contributed by atoms with Crippen molar-refractivity contribution in [3.8, 4) is 0 Å². The number of nitrogens with one attached hydrogen (secondary N) is 2. The van der Waals surface area contributed by atoms with E-state index in [0.717, 1.165) is 16.8 Å². The highest BCUT2D eigenvalue weighted by Gasteiger charge is 2.17. The van der Waals surface area contributed by atoms with E-state index in [4.69, 9.17) is 0 Å². The lowest BCUT2D eigenvalue weighted by Gasteiger charge is -2.25. The lowest BCUT2D eigenvalue weighted by Crippen LogP contribution is -2.23. The van der Waals surface area contributed by atoms with E-state index in [1.165, 1.54) is 32.1 Å². The Kier molecular flexibility index (Phi) is 4.78. The minimum absolute atomic E-state index is 0.440. The van der Waals surface area contributed by atoms with Gasteiger partial charge in [-0.3, -0.25) is 4.21 Å². The Morgan fingerprint density at radius 3 is 2.80 bits per heavy atom. The van der Waals surface area contributed by atoms with Crippen LogP contribution in [0.15, 0.2) is 47.8 Å². The third-order valence-corrected chi connectivity index (χ3v) is 5.92. The van der Waals surface area contributed by atoms with E-state index in [1.807, 2.05) is 30.3 Å². The van der Waals surface area contributed by atoms with Gasteiger partial charge in [-0.05, 0) is 36.6 Å². The zero-order chi connectivity index (χ0) is 17.1. The van der Waals surface area contributed by atoms with E-state index in [-0.39, 0.29) is 0 Å². The lowest BCUT2D eigenvalue weighted by atomic mass is 9.95. The number of benzene rings is 1. The summed E-state index contributed by atoms with van der Waals surface area (Å²) in [6.07, 6.45) is 8.04. The molecule has 1 saturated carbocycles. The maximum atomic E-state index is 12.8. The average molecular weight is 354 g/mol. The van der Waals surface area contributed by atoms with Gasteiger partial charge in [-0.25, -0.2) is 9.97 Å². The van der Waals surface area contributed by atoms with E-state index >= 15 is 0 Å². The molecule has 25 heavy (non-hydrogen) atoms. The van der Waals surface area contributed by atoms with E-state index in [0.29, 0.717) is 22.6 Å². The average Bonchev–Trinajstić information content (AvgIpc) is 3.09. The molecule has 1 atom stereocenters. The third kappa shape index (κ3) is 3.74. The van der Waals surface area contributed by atoms with Gasteiger partial charge < -0.3 is 10.3 Å². The Hall–Kier alpha value is -2.21. The van der Waals surface area contributed by atoms with Crippen molar-refractivity contribution in [2.75, 3.05) is 5.32 Å². The smallest absolute Gasteiger partial charge is 0.199 e. The van der Waals surface area contributed by atoms with Gasteiger partial charge in [-0.2, -0.15) is 0 Å². The zero-order valence-electron chi connectivity index (χ0n) is 14.1. The van der Waals surface area contributed by atoms with E-state index < -0.39 is 10.8 Å². The topological polar surface area (TPSA) is 70.7 Å². The molecule has 4 rings (SSSR count). The minimum atomic E-state index is -1.23. The molecule has 1 aliphatic rings. The van der Waals surface area contributed by atoms with E-state index in [1.54, 1.807) is 6.20 Å². The van der Waals surface area contributed by atoms with Crippen LogP contribution >= 0.6 is 0 Å². The molecule has 0 saturated heterocycles. The summed E-state index contributed by atoms with van der Waals surface area (Å²) in [7, 11) is -1.23. The van der Waals surface area contributed by atoms with Crippen LogP contribution in [0.2, 0.25) is 0 Å². The number of hydrogen-bond donors (Lipinski definition) is 2. The van der Waals surface area contributed by atoms with Crippen LogP contribution < -0.4 is 5.32 Å². The van der Waals surface area contributed by atoms with E-state index in [2.05, 4.69) is 26.3 Å². The predicted octanol–water partition coefficient (Wildman–Crippen LogP) is 4.01. The number of rotatable bonds is 5. The Bertz CT molecular complexity index is 853. The molecule has 3 aromatic rings. The second kappa shape index (κ2) is 7.35. The molecule has 130 valence electrons. The Labute approximate surface area is 149 Å². The molecule has 0 bridgehead atoms. The first kappa shape index (κ1) is 16.3. The summed E-state index contributed by atoms with van der Waals surface area (Å²) in [5, 5.41) is 4.14. The number of imidazole rings is 1. The summed E-state index contributed by atoms with van der Waals surface area (Å²) in [4.78, 5) is 11.7. The number of hydrogen-bond acceptors (Lipinski definition) is 4. The van der Waals surface area contributed by atoms with Crippen LogP contribution in [0.1, 0.15) is 37.7 Å². The monoisotopic (exact) mass is 354 g/mol. The van der Waals surface area contributed by atoms with Gasteiger partial charge in [0, 0.05) is 17.9 Å². The lowest BCUT2D eigenvalue weighted by molar-refractivity contribution is 0.462. The van der Waals surface area contributed by atoms with Gasteiger partial charge >= 0.3 is 0 Å². The molecular weight excluding hydrogens is 332 g/mol. The summed E-state index contributed by atoms with van der Waals surface area (Å²) in [6, 6.07) is 12.4. The maximum Gasteiger partial charge on any atom is 0.199 e. The summed E-state index contributed by atoms with van der Waals surface area (Å²) in [5.41, 5.74) is 3.59. The second-order valence-corrected chi connectivity index (χ2v) is 7.91. The van der Waals surface area contributed by atoms with Crippen molar-refractivity contribution in [1.82, 2.24) is 15.0 Å². The summed E-state index contributed by atoms with van der Waals surface area (Å²) in [5.74, 6) is 0.440. The van der Waals surface area contributed by atoms with Crippen molar-refractivity contribution in [1.29, 1.82) is 0 Å². The van der Waals surface area contributed by atoms with Crippen LogP contribution in [0.5, 0.6) is 0 Å². The van der Waals surface area contributed by atoms with Crippen molar-refractivity contribution < 1.29 is 4.21 Å². The molecule has 1 unspecified atom stereocenters. The number of pyridine rings is 1. The normalized spacial score (nSPS) is 16.8. The largest absolute Gasteiger partial charge is 0.382 e. The van der Waals surface area contributed by atoms with E-state index in [9.17, 15) is 4.21 Å². The SMILES string of the molecule is O=S(Cc1ccccc1NC1CCCCC1)c1nc2ncccc2[nH]1. The molecule has 5 nitrogen and oxygen atoms in total. The van der Waals surface area contributed by atoms with Crippen molar-refractivity contribution in [2.24, 2.45) is 0 Å². The van der Waals surface area contributed by atoms with Crippen LogP contribution in [0, 0.1) is 0 Å². The van der Waals surface area contributed by atoms with Crippen LogP contribution in [0.3, 0.4) is 0 Å². The molecule has 2 aromatic heterocycles. The van der Waals surface area contributed by atoms with Crippen molar-refractivity contribution in [3.63, 3.8) is 0 Å². The maximum absolute atomic E-state index is 12.8. The molecule has 1 aromatic carbocycles. The number of fused-ring (bicyclic) bond motifs is 1. The van der Waals surface area contributed by atoms with Crippen molar-refractivity contribution >= 4 is 27.7 Å². The highest BCUT2D eigenvalue weighted by Crippen LogP contribution is 2.25. The molecule has 1 fully saturated rings. The van der Waals surface area contributed by atoms with Gasteiger partial charge in [0.05, 0.1) is 22.1 Å². The summed E-state index contributed by atoms with van der Waals surface area (Å²) in [6.45, 7) is 0. The summed E-state index contributed by atoms with van der Waals surface area (Å²) >= 11 is 0. The van der Waals surface area contributed by atoms with Gasteiger partial charge in [0.15, 0.2) is 10.8 Å². The fourth-order valence-electron chi connectivity index (χ4n) is 3.39. The number of nitrogens with zero attached hydrogens (tertiary/aromatic N) is 2. The Morgan fingerprint density at radius 1 is 1.12 bits per heavy atom. The number of H-pyrrole nitrogens is 1. The highest BCUT2D eigenvalue weighted by atomic mass is 32.2. The molecule has 0 spiro atoms. The third-order valence-electron chi connectivity index (χ3n) is 4.72. The first-order valence-electron chi connectivity index (χ1n) is 8.83. The predicted molar refractivity (Wildman–Crippen MR) is 101 cm³/mol. The van der Waals surface area contributed by atoms with Crippen molar-refractivity contribution in [3.05, 3.63) is 48.2 Å². The Morgan fingerprint density at radius 2 is 1.96 bits per heavy atom. The molecule has 0 radical (unpaired) electrons. The number of anilines is 1. The molecule has 2 N–H and O–H groups in total. The molecule has 6 heteroatoms. The number of aromatic nitrogens is 3.